The van der Waals surface area contributed by atoms with Crippen molar-refractivity contribution in [2.75, 3.05) is 18.5 Å². The van der Waals surface area contributed by atoms with E-state index in [0.29, 0.717) is 35.8 Å². The van der Waals surface area contributed by atoms with E-state index in [2.05, 4.69) is 17.6 Å². The minimum absolute atomic E-state index is 0.00322. The molecule has 0 spiro atoms. The Balaban J connectivity index is 1.71. The number of carbonyl (C=O) groups is 2. The van der Waals surface area contributed by atoms with Crippen LogP contribution in [0.4, 0.5) is 5.13 Å². The van der Waals surface area contributed by atoms with Gasteiger partial charge in [-0.1, -0.05) is 26.8 Å². The Labute approximate surface area is 202 Å². The van der Waals surface area contributed by atoms with E-state index in [0.717, 1.165) is 23.4 Å². The summed E-state index contributed by atoms with van der Waals surface area (Å²) >= 11 is 2.82. The van der Waals surface area contributed by atoms with E-state index in [1.807, 2.05) is 25.3 Å². The molecular formula is C24H33N3O4S2. The van der Waals surface area contributed by atoms with Crippen LogP contribution in [0.15, 0.2) is 17.5 Å². The van der Waals surface area contributed by atoms with Crippen molar-refractivity contribution in [1.82, 2.24) is 10.3 Å². The molecule has 5 atom stereocenters. The lowest BCUT2D eigenvalue weighted by Crippen LogP contribution is -2.57. The summed E-state index contributed by atoms with van der Waals surface area (Å²) in [4.78, 5) is 31.9. The SMILES string of the molecule is CCCNC(=O)CC1c2nc(NC(=O)c3cccs3)sc2CC2C(C)(CO)C(O)CCC12C. The van der Waals surface area contributed by atoms with Crippen LogP contribution in [0.2, 0.25) is 0 Å². The fourth-order valence-corrected chi connectivity index (χ4v) is 7.47. The van der Waals surface area contributed by atoms with Gasteiger partial charge < -0.3 is 15.5 Å². The number of thiophene rings is 1. The van der Waals surface area contributed by atoms with E-state index < -0.39 is 11.5 Å². The summed E-state index contributed by atoms with van der Waals surface area (Å²) < 4.78 is 0. The first-order valence-corrected chi connectivity index (χ1v) is 13.3. The normalized spacial score (nSPS) is 30.9. The number of rotatable bonds is 7. The highest BCUT2D eigenvalue weighted by molar-refractivity contribution is 7.16. The van der Waals surface area contributed by atoms with Crippen LogP contribution in [0.1, 0.15) is 72.6 Å². The van der Waals surface area contributed by atoms with E-state index in [9.17, 15) is 19.8 Å². The van der Waals surface area contributed by atoms with Crippen LogP contribution < -0.4 is 10.6 Å². The number of amides is 2. The molecule has 1 saturated carbocycles. The van der Waals surface area contributed by atoms with Gasteiger partial charge in [-0.15, -0.1) is 22.7 Å². The third kappa shape index (κ3) is 4.36. The van der Waals surface area contributed by atoms with E-state index in [4.69, 9.17) is 4.98 Å². The van der Waals surface area contributed by atoms with Crippen LogP contribution in [-0.2, 0) is 11.2 Å². The van der Waals surface area contributed by atoms with Gasteiger partial charge in [0.2, 0.25) is 5.91 Å². The second-order valence-electron chi connectivity index (χ2n) is 9.85. The third-order valence-electron chi connectivity index (χ3n) is 7.82. The zero-order valence-electron chi connectivity index (χ0n) is 19.4. The van der Waals surface area contributed by atoms with Gasteiger partial charge in [-0.05, 0) is 48.5 Å². The van der Waals surface area contributed by atoms with Gasteiger partial charge >= 0.3 is 0 Å². The van der Waals surface area contributed by atoms with Crippen LogP contribution >= 0.6 is 22.7 Å². The Kier molecular flexibility index (Phi) is 6.96. The number of aliphatic hydroxyl groups is 2. The Morgan fingerprint density at radius 1 is 1.33 bits per heavy atom. The van der Waals surface area contributed by atoms with Crippen molar-refractivity contribution in [3.8, 4) is 0 Å². The molecule has 0 bridgehead atoms. The smallest absolute Gasteiger partial charge is 0.267 e. The number of thiazole rings is 1. The summed E-state index contributed by atoms with van der Waals surface area (Å²) in [7, 11) is 0. The van der Waals surface area contributed by atoms with E-state index in [-0.39, 0.29) is 35.7 Å². The second-order valence-corrected chi connectivity index (χ2v) is 11.9. The average molecular weight is 492 g/mol. The summed E-state index contributed by atoms with van der Waals surface area (Å²) in [5, 5.41) is 29.5. The van der Waals surface area contributed by atoms with Gasteiger partial charge in [-0.3, -0.25) is 14.9 Å². The molecule has 2 aromatic rings. The highest BCUT2D eigenvalue weighted by atomic mass is 32.1. The topological polar surface area (TPSA) is 112 Å². The summed E-state index contributed by atoms with van der Waals surface area (Å²) in [6.45, 7) is 6.68. The molecule has 9 heteroatoms. The second kappa shape index (κ2) is 9.44. The van der Waals surface area contributed by atoms with Gasteiger partial charge in [0.1, 0.15) is 0 Å². The van der Waals surface area contributed by atoms with Gasteiger partial charge in [0.05, 0.1) is 23.3 Å². The predicted octanol–water partition coefficient (Wildman–Crippen LogP) is 3.79. The average Bonchev–Trinajstić information content (AvgIpc) is 3.46. The number of nitrogens with zero attached hydrogens (tertiary/aromatic N) is 1. The molecule has 4 rings (SSSR count). The van der Waals surface area contributed by atoms with Gasteiger partial charge in [0, 0.05) is 29.2 Å². The number of fused-ring (bicyclic) bond motifs is 2. The van der Waals surface area contributed by atoms with Crippen molar-refractivity contribution in [3.05, 3.63) is 33.0 Å². The molecule has 2 heterocycles. The standard InChI is InChI=1S/C24H33N3O4S2/c1-4-9-25-19(30)11-14-20-16(33-22(26-20)27-21(31)15-6-5-10-32-15)12-17-23(14,2)8-7-18(29)24(17,3)13-28/h5-6,10,14,17-18,28-29H,4,7-9,11-13H2,1-3H3,(H,25,30)(H,26,27,31). The molecular weight excluding hydrogens is 458 g/mol. The molecule has 0 radical (unpaired) electrons. The monoisotopic (exact) mass is 491 g/mol. The largest absolute Gasteiger partial charge is 0.396 e. The number of carbonyl (C=O) groups excluding carboxylic acids is 2. The first-order chi connectivity index (χ1) is 15.7. The van der Waals surface area contributed by atoms with Gasteiger partial charge in [-0.25, -0.2) is 4.98 Å². The minimum Gasteiger partial charge on any atom is -0.396 e. The number of anilines is 1. The number of hydrogen-bond donors (Lipinski definition) is 4. The lowest BCUT2D eigenvalue weighted by Gasteiger charge is -2.58. The molecule has 0 aromatic carbocycles. The van der Waals surface area contributed by atoms with Crippen LogP contribution in [0.5, 0.6) is 0 Å². The predicted molar refractivity (Wildman–Crippen MR) is 131 cm³/mol. The van der Waals surface area contributed by atoms with Gasteiger partial charge in [-0.2, -0.15) is 0 Å². The molecule has 4 N–H and O–H groups in total. The van der Waals surface area contributed by atoms with E-state index in [1.165, 1.54) is 22.7 Å². The summed E-state index contributed by atoms with van der Waals surface area (Å²) in [6, 6.07) is 3.61. The Hall–Kier alpha value is -1.81. The highest BCUT2D eigenvalue weighted by Gasteiger charge is 2.59. The molecule has 7 nitrogen and oxygen atoms in total. The molecule has 1 fully saturated rings. The third-order valence-corrected chi connectivity index (χ3v) is 9.70. The van der Waals surface area contributed by atoms with Crippen molar-refractivity contribution < 1.29 is 19.8 Å². The summed E-state index contributed by atoms with van der Waals surface area (Å²) in [5.41, 5.74) is -0.0765. The molecule has 33 heavy (non-hydrogen) atoms. The lowest BCUT2D eigenvalue weighted by atomic mass is 9.47. The summed E-state index contributed by atoms with van der Waals surface area (Å²) in [5.74, 6) is -0.349. The zero-order valence-corrected chi connectivity index (χ0v) is 21.0. The minimum atomic E-state index is -0.660. The van der Waals surface area contributed by atoms with Gasteiger partial charge in [0.15, 0.2) is 5.13 Å². The molecule has 2 aromatic heterocycles. The Bertz CT molecular complexity index is 1010. The van der Waals surface area contributed by atoms with Crippen molar-refractivity contribution >= 4 is 39.6 Å². The Morgan fingerprint density at radius 2 is 2.12 bits per heavy atom. The molecule has 180 valence electrons. The molecule has 0 saturated heterocycles. The van der Waals surface area contributed by atoms with Crippen LogP contribution in [0.25, 0.3) is 0 Å². The van der Waals surface area contributed by atoms with Crippen LogP contribution in [0.3, 0.4) is 0 Å². The maximum absolute atomic E-state index is 12.8. The van der Waals surface area contributed by atoms with Crippen molar-refractivity contribution in [1.29, 1.82) is 0 Å². The zero-order chi connectivity index (χ0) is 23.8. The maximum atomic E-state index is 12.8. The maximum Gasteiger partial charge on any atom is 0.267 e. The number of aliphatic hydroxyl groups excluding tert-OH is 2. The van der Waals surface area contributed by atoms with Crippen molar-refractivity contribution in [2.24, 2.45) is 16.7 Å². The molecule has 2 amide bonds. The number of hydrogen-bond acceptors (Lipinski definition) is 7. The van der Waals surface area contributed by atoms with Crippen molar-refractivity contribution in [2.45, 2.75) is 64.9 Å². The highest BCUT2D eigenvalue weighted by Crippen LogP contribution is 2.62. The van der Waals surface area contributed by atoms with Gasteiger partial charge in [0.25, 0.3) is 5.91 Å². The van der Waals surface area contributed by atoms with Crippen LogP contribution in [-0.4, -0.2) is 46.3 Å². The van der Waals surface area contributed by atoms with E-state index in [1.54, 1.807) is 6.07 Å². The van der Waals surface area contributed by atoms with E-state index >= 15 is 0 Å². The first kappa shape index (κ1) is 24.3. The Morgan fingerprint density at radius 3 is 2.79 bits per heavy atom. The number of nitrogens with one attached hydrogen (secondary N) is 2. The molecule has 2 aliphatic carbocycles. The first-order valence-electron chi connectivity index (χ1n) is 11.6. The summed E-state index contributed by atoms with van der Waals surface area (Å²) in [6.07, 6.45) is 2.58. The van der Waals surface area contributed by atoms with Crippen molar-refractivity contribution in [3.63, 3.8) is 0 Å². The number of aromatic nitrogens is 1. The lowest BCUT2D eigenvalue weighted by molar-refractivity contribution is -0.144. The molecule has 0 aliphatic heterocycles. The van der Waals surface area contributed by atoms with Crippen LogP contribution in [0, 0.1) is 16.7 Å². The fraction of sp³-hybridized carbons (Fsp3) is 0.625. The molecule has 2 aliphatic rings. The fourth-order valence-electron chi connectivity index (χ4n) is 5.79. The molecule has 5 unspecified atom stereocenters. The quantitative estimate of drug-likeness (QED) is 0.471.